The molecule has 0 spiro atoms. The molecule has 1 heterocycles. The van der Waals surface area contributed by atoms with E-state index in [1.54, 1.807) is 7.11 Å². The Bertz CT molecular complexity index is 135. The first kappa shape index (κ1) is 11.9. The van der Waals surface area contributed by atoms with Crippen LogP contribution in [0.4, 0.5) is 0 Å². The average molecular weight is 203 g/mol. The molecule has 1 aliphatic rings. The van der Waals surface area contributed by atoms with E-state index in [1.807, 2.05) is 6.92 Å². The molecule has 1 aliphatic heterocycles. The van der Waals surface area contributed by atoms with Crippen molar-refractivity contribution in [2.24, 2.45) is 0 Å². The highest BCUT2D eigenvalue weighted by atomic mass is 16.7. The molecule has 0 amide bonds. The molecule has 0 bridgehead atoms. The van der Waals surface area contributed by atoms with Crippen LogP contribution < -0.4 is 5.32 Å². The van der Waals surface area contributed by atoms with E-state index >= 15 is 0 Å². The Morgan fingerprint density at radius 2 is 2.21 bits per heavy atom. The van der Waals surface area contributed by atoms with Crippen LogP contribution in [0, 0.1) is 0 Å². The summed E-state index contributed by atoms with van der Waals surface area (Å²) in [6, 6.07) is 0.460. The molecule has 1 rings (SSSR count). The van der Waals surface area contributed by atoms with Gasteiger partial charge in [0.05, 0.1) is 12.7 Å². The summed E-state index contributed by atoms with van der Waals surface area (Å²) >= 11 is 0. The summed E-state index contributed by atoms with van der Waals surface area (Å²) in [5, 5.41) is 3.41. The Kier molecular flexibility index (Phi) is 6.10. The van der Waals surface area contributed by atoms with E-state index in [1.165, 1.54) is 0 Å². The number of ether oxygens (including phenoxy) is 3. The Balaban J connectivity index is 2.03. The summed E-state index contributed by atoms with van der Waals surface area (Å²) in [5.41, 5.74) is 0. The zero-order valence-corrected chi connectivity index (χ0v) is 9.12. The van der Waals surface area contributed by atoms with Gasteiger partial charge in [-0.2, -0.15) is 0 Å². The van der Waals surface area contributed by atoms with Crippen molar-refractivity contribution < 1.29 is 14.2 Å². The zero-order chi connectivity index (χ0) is 10.2. The standard InChI is InChI=1S/C10H21NO3/c1-3-14-10-5-4-9(11-6-10)7-13-8-12-2/h9-11H,3-8H2,1-2H3. The van der Waals surface area contributed by atoms with E-state index in [9.17, 15) is 0 Å². The summed E-state index contributed by atoms with van der Waals surface area (Å²) < 4.78 is 15.6. The maximum atomic E-state index is 5.53. The van der Waals surface area contributed by atoms with Crippen LogP contribution in [0.5, 0.6) is 0 Å². The first-order valence-corrected chi connectivity index (χ1v) is 5.28. The van der Waals surface area contributed by atoms with E-state index in [0.29, 0.717) is 18.9 Å². The van der Waals surface area contributed by atoms with Crippen LogP contribution in [0.1, 0.15) is 19.8 Å². The molecular weight excluding hydrogens is 182 g/mol. The first-order chi connectivity index (χ1) is 6.86. The molecule has 0 aromatic rings. The maximum Gasteiger partial charge on any atom is 0.146 e. The molecule has 4 nitrogen and oxygen atoms in total. The number of nitrogens with one attached hydrogen (secondary N) is 1. The molecule has 84 valence electrons. The predicted molar refractivity (Wildman–Crippen MR) is 54.3 cm³/mol. The third kappa shape index (κ3) is 4.37. The zero-order valence-electron chi connectivity index (χ0n) is 9.12. The van der Waals surface area contributed by atoms with Crippen LogP contribution in [0.15, 0.2) is 0 Å². The highest BCUT2D eigenvalue weighted by Crippen LogP contribution is 2.11. The lowest BCUT2D eigenvalue weighted by Gasteiger charge is -2.29. The number of hydrogen-bond donors (Lipinski definition) is 1. The largest absolute Gasteiger partial charge is 0.377 e. The fourth-order valence-electron chi connectivity index (χ4n) is 1.68. The fourth-order valence-corrected chi connectivity index (χ4v) is 1.68. The van der Waals surface area contributed by atoms with Crippen molar-refractivity contribution >= 4 is 0 Å². The van der Waals surface area contributed by atoms with Crippen LogP contribution in [-0.4, -0.2) is 45.8 Å². The van der Waals surface area contributed by atoms with Gasteiger partial charge in [0.1, 0.15) is 6.79 Å². The van der Waals surface area contributed by atoms with Crippen molar-refractivity contribution in [1.29, 1.82) is 0 Å². The van der Waals surface area contributed by atoms with E-state index in [-0.39, 0.29) is 0 Å². The molecular formula is C10H21NO3. The topological polar surface area (TPSA) is 39.7 Å². The van der Waals surface area contributed by atoms with Gasteiger partial charge in [-0.1, -0.05) is 0 Å². The normalized spacial score (nSPS) is 27.9. The SMILES string of the molecule is CCOC1CCC(COCOC)NC1. The van der Waals surface area contributed by atoms with Gasteiger partial charge in [0.2, 0.25) is 0 Å². The maximum absolute atomic E-state index is 5.53. The van der Waals surface area contributed by atoms with Crippen molar-refractivity contribution in [3.8, 4) is 0 Å². The van der Waals surface area contributed by atoms with Gasteiger partial charge < -0.3 is 19.5 Å². The lowest BCUT2D eigenvalue weighted by atomic mass is 10.0. The van der Waals surface area contributed by atoms with Gasteiger partial charge in [-0.25, -0.2) is 0 Å². The second-order valence-corrected chi connectivity index (χ2v) is 3.54. The summed E-state index contributed by atoms with van der Waals surface area (Å²) in [4.78, 5) is 0. The Hall–Kier alpha value is -0.160. The molecule has 0 aliphatic carbocycles. The third-order valence-corrected chi connectivity index (χ3v) is 2.39. The molecule has 1 fully saturated rings. The molecule has 2 atom stereocenters. The number of piperidine rings is 1. The van der Waals surface area contributed by atoms with Crippen molar-refractivity contribution in [3.05, 3.63) is 0 Å². The Labute approximate surface area is 85.9 Å². The quantitative estimate of drug-likeness (QED) is 0.511. The Morgan fingerprint density at radius 1 is 1.36 bits per heavy atom. The molecule has 1 saturated heterocycles. The van der Waals surface area contributed by atoms with Gasteiger partial charge >= 0.3 is 0 Å². The summed E-state index contributed by atoms with van der Waals surface area (Å²) in [7, 11) is 1.64. The van der Waals surface area contributed by atoms with E-state index < -0.39 is 0 Å². The van der Waals surface area contributed by atoms with Crippen molar-refractivity contribution in [1.82, 2.24) is 5.32 Å². The van der Waals surface area contributed by atoms with Crippen LogP contribution in [0.3, 0.4) is 0 Å². The number of rotatable bonds is 6. The van der Waals surface area contributed by atoms with Crippen molar-refractivity contribution in [3.63, 3.8) is 0 Å². The number of methoxy groups -OCH3 is 1. The molecule has 2 unspecified atom stereocenters. The van der Waals surface area contributed by atoms with Gasteiger partial charge in [-0.05, 0) is 19.8 Å². The van der Waals surface area contributed by atoms with Crippen LogP contribution in [0.25, 0.3) is 0 Å². The molecule has 0 saturated carbocycles. The smallest absolute Gasteiger partial charge is 0.146 e. The van der Waals surface area contributed by atoms with Crippen LogP contribution in [-0.2, 0) is 14.2 Å². The number of hydrogen-bond acceptors (Lipinski definition) is 4. The van der Waals surface area contributed by atoms with Crippen LogP contribution in [0.2, 0.25) is 0 Å². The monoisotopic (exact) mass is 203 g/mol. The lowest BCUT2D eigenvalue weighted by Crippen LogP contribution is -2.45. The van der Waals surface area contributed by atoms with Gasteiger partial charge in [-0.3, -0.25) is 0 Å². The molecule has 0 aromatic carbocycles. The lowest BCUT2D eigenvalue weighted by molar-refractivity contribution is -0.0460. The van der Waals surface area contributed by atoms with Gasteiger partial charge in [0.15, 0.2) is 0 Å². The second kappa shape index (κ2) is 7.17. The molecule has 14 heavy (non-hydrogen) atoms. The summed E-state index contributed by atoms with van der Waals surface area (Å²) in [6.45, 7) is 4.89. The van der Waals surface area contributed by atoms with Crippen molar-refractivity contribution in [2.45, 2.75) is 31.9 Å². The molecule has 0 aromatic heterocycles. The highest BCUT2D eigenvalue weighted by molar-refractivity contribution is 4.77. The first-order valence-electron chi connectivity index (χ1n) is 5.28. The van der Waals surface area contributed by atoms with Gasteiger partial charge in [0.25, 0.3) is 0 Å². The van der Waals surface area contributed by atoms with E-state index in [0.717, 1.165) is 32.6 Å². The van der Waals surface area contributed by atoms with Gasteiger partial charge in [0, 0.05) is 26.3 Å². The Morgan fingerprint density at radius 3 is 2.79 bits per heavy atom. The second-order valence-electron chi connectivity index (χ2n) is 3.54. The molecule has 1 N–H and O–H groups in total. The van der Waals surface area contributed by atoms with Crippen molar-refractivity contribution in [2.75, 3.05) is 33.7 Å². The van der Waals surface area contributed by atoms with Gasteiger partial charge in [-0.15, -0.1) is 0 Å². The average Bonchev–Trinajstić information content (AvgIpc) is 2.21. The third-order valence-electron chi connectivity index (χ3n) is 2.39. The molecule has 0 radical (unpaired) electrons. The summed E-state index contributed by atoms with van der Waals surface area (Å²) in [5.74, 6) is 0. The highest BCUT2D eigenvalue weighted by Gasteiger charge is 2.20. The minimum absolute atomic E-state index is 0.382. The summed E-state index contributed by atoms with van der Waals surface area (Å²) in [6.07, 6.45) is 2.63. The van der Waals surface area contributed by atoms with E-state index in [4.69, 9.17) is 14.2 Å². The van der Waals surface area contributed by atoms with E-state index in [2.05, 4.69) is 5.32 Å². The minimum atomic E-state index is 0.382. The van der Waals surface area contributed by atoms with Crippen LogP contribution >= 0.6 is 0 Å². The fraction of sp³-hybridized carbons (Fsp3) is 1.00. The predicted octanol–water partition coefficient (Wildman–Crippen LogP) is 0.764. The minimum Gasteiger partial charge on any atom is -0.377 e. The molecule has 4 heteroatoms.